The van der Waals surface area contributed by atoms with E-state index in [0.29, 0.717) is 12.5 Å². The molecule has 1 heterocycles. The minimum Gasteiger partial charge on any atom is -0.490 e. The number of nitrogens with two attached hydrogens (primary N) is 1. The summed E-state index contributed by atoms with van der Waals surface area (Å²) < 4.78 is 5.99. The molecule has 2 N–H and O–H groups in total. The Labute approximate surface area is 193 Å². The van der Waals surface area contributed by atoms with Crippen molar-refractivity contribution >= 4 is 48.8 Å². The Kier molecular flexibility index (Phi) is 13.0. The Morgan fingerprint density at radius 2 is 1.76 bits per heavy atom. The summed E-state index contributed by atoms with van der Waals surface area (Å²) in [5.74, 6) is 1.36. The van der Waals surface area contributed by atoms with E-state index in [-0.39, 0.29) is 49.2 Å². The van der Waals surface area contributed by atoms with Crippen molar-refractivity contribution in [3.8, 4) is 5.75 Å². The number of hydrogen-bond donors (Lipinski definition) is 1. The molecule has 1 aliphatic heterocycles. The Balaban J connectivity index is 0.00000261. The lowest BCUT2D eigenvalue weighted by atomic mass is 10.1. The fourth-order valence-corrected chi connectivity index (χ4v) is 3.85. The Morgan fingerprint density at radius 1 is 1.10 bits per heavy atom. The number of ether oxygens (including phenoxy) is 1. The molecule has 0 radical (unpaired) electrons. The van der Waals surface area contributed by atoms with Gasteiger partial charge in [0.1, 0.15) is 12.4 Å². The van der Waals surface area contributed by atoms with Crippen LogP contribution >= 0.6 is 37.2 Å². The molecule has 1 aromatic rings. The highest BCUT2D eigenvalue weighted by Crippen LogP contribution is 2.30. The highest BCUT2D eigenvalue weighted by molar-refractivity contribution is 5.86. The Bertz CT molecular complexity index is 613. The number of amides is 1. The van der Waals surface area contributed by atoms with Gasteiger partial charge in [-0.2, -0.15) is 0 Å². The average molecular weight is 470 g/mol. The summed E-state index contributed by atoms with van der Waals surface area (Å²) in [5, 5.41) is 0. The van der Waals surface area contributed by atoms with Gasteiger partial charge in [0.2, 0.25) is 5.91 Å². The smallest absolute Gasteiger partial charge is 0.225 e. The molecule has 2 unspecified atom stereocenters. The molecule has 1 saturated carbocycles. The highest BCUT2D eigenvalue weighted by atomic mass is 35.5. The molecule has 1 aliphatic carbocycles. The SMILES string of the molecule is CN(C)CCOc1ccccc1N1CCN(C(=O)C2CCC(N)C2)CC1.Cl.Cl.Cl. The van der Waals surface area contributed by atoms with Gasteiger partial charge < -0.3 is 25.2 Å². The maximum atomic E-state index is 12.7. The monoisotopic (exact) mass is 468 g/mol. The molecular formula is C20H35Cl3N4O2. The molecule has 1 saturated heterocycles. The first-order valence-electron chi connectivity index (χ1n) is 9.70. The van der Waals surface area contributed by atoms with Crippen molar-refractivity contribution < 1.29 is 9.53 Å². The lowest BCUT2D eigenvalue weighted by molar-refractivity contribution is -0.135. The number of likely N-dealkylation sites (N-methyl/N-ethyl adjacent to an activating group) is 1. The third-order valence-corrected chi connectivity index (χ3v) is 5.42. The molecule has 1 aromatic carbocycles. The highest BCUT2D eigenvalue weighted by Gasteiger charge is 2.32. The van der Waals surface area contributed by atoms with Gasteiger partial charge in [-0.05, 0) is 45.5 Å². The lowest BCUT2D eigenvalue weighted by Gasteiger charge is -2.37. The first kappa shape index (κ1) is 28.1. The first-order valence-corrected chi connectivity index (χ1v) is 9.70. The molecule has 9 heteroatoms. The van der Waals surface area contributed by atoms with Crippen LogP contribution in [-0.2, 0) is 4.79 Å². The van der Waals surface area contributed by atoms with Crippen LogP contribution in [0.2, 0.25) is 0 Å². The number of carbonyl (C=O) groups is 1. The summed E-state index contributed by atoms with van der Waals surface area (Å²) in [6.07, 6.45) is 2.78. The molecule has 0 aromatic heterocycles. The van der Waals surface area contributed by atoms with E-state index in [4.69, 9.17) is 10.5 Å². The van der Waals surface area contributed by atoms with E-state index >= 15 is 0 Å². The third-order valence-electron chi connectivity index (χ3n) is 5.42. The molecule has 2 atom stereocenters. The zero-order valence-corrected chi connectivity index (χ0v) is 19.7. The Hall–Kier alpha value is -0.920. The lowest BCUT2D eigenvalue weighted by Crippen LogP contribution is -2.50. The van der Waals surface area contributed by atoms with Crippen molar-refractivity contribution in [1.82, 2.24) is 9.80 Å². The number of halogens is 3. The summed E-state index contributed by atoms with van der Waals surface area (Å²) in [6.45, 7) is 4.80. The van der Waals surface area contributed by atoms with Crippen LogP contribution in [0.1, 0.15) is 19.3 Å². The molecule has 2 fully saturated rings. The molecule has 0 spiro atoms. The minimum atomic E-state index is 0. The Morgan fingerprint density at radius 3 is 2.34 bits per heavy atom. The number of piperazine rings is 1. The maximum absolute atomic E-state index is 12.7. The number of hydrogen-bond acceptors (Lipinski definition) is 5. The van der Waals surface area contributed by atoms with E-state index in [2.05, 4.69) is 15.9 Å². The third kappa shape index (κ3) is 7.68. The maximum Gasteiger partial charge on any atom is 0.225 e. The van der Waals surface area contributed by atoms with Crippen LogP contribution in [0.4, 0.5) is 5.69 Å². The molecule has 3 rings (SSSR count). The van der Waals surface area contributed by atoms with Gasteiger partial charge in [0.15, 0.2) is 0 Å². The summed E-state index contributed by atoms with van der Waals surface area (Å²) in [4.78, 5) is 19.1. The van der Waals surface area contributed by atoms with Crippen molar-refractivity contribution in [2.45, 2.75) is 25.3 Å². The van der Waals surface area contributed by atoms with Crippen molar-refractivity contribution in [3.63, 3.8) is 0 Å². The molecule has 29 heavy (non-hydrogen) atoms. The fourth-order valence-electron chi connectivity index (χ4n) is 3.85. The van der Waals surface area contributed by atoms with Crippen LogP contribution in [0.3, 0.4) is 0 Å². The van der Waals surface area contributed by atoms with Gasteiger partial charge in [-0.15, -0.1) is 37.2 Å². The van der Waals surface area contributed by atoms with E-state index in [1.165, 1.54) is 0 Å². The number of benzene rings is 1. The van der Waals surface area contributed by atoms with Gasteiger partial charge in [0.05, 0.1) is 5.69 Å². The molecular weight excluding hydrogens is 435 g/mol. The van der Waals surface area contributed by atoms with Crippen molar-refractivity contribution in [2.24, 2.45) is 11.7 Å². The number of nitrogens with zero attached hydrogens (tertiary/aromatic N) is 3. The van der Waals surface area contributed by atoms with Gasteiger partial charge in [0, 0.05) is 44.7 Å². The fraction of sp³-hybridized carbons (Fsp3) is 0.650. The van der Waals surface area contributed by atoms with Crippen LogP contribution in [0.5, 0.6) is 5.75 Å². The number of carbonyl (C=O) groups excluding carboxylic acids is 1. The van der Waals surface area contributed by atoms with E-state index in [1.807, 2.05) is 37.2 Å². The second-order valence-electron chi connectivity index (χ2n) is 7.70. The van der Waals surface area contributed by atoms with Gasteiger partial charge in [-0.1, -0.05) is 12.1 Å². The van der Waals surface area contributed by atoms with Gasteiger partial charge in [-0.3, -0.25) is 4.79 Å². The minimum absolute atomic E-state index is 0. The van der Waals surface area contributed by atoms with Crippen LogP contribution in [0, 0.1) is 5.92 Å². The number of rotatable bonds is 6. The van der Waals surface area contributed by atoms with Gasteiger partial charge in [-0.25, -0.2) is 0 Å². The summed E-state index contributed by atoms with van der Waals surface area (Å²) in [5.41, 5.74) is 7.10. The zero-order chi connectivity index (χ0) is 18.5. The molecule has 0 bridgehead atoms. The molecule has 1 amide bonds. The van der Waals surface area contributed by atoms with E-state index in [9.17, 15) is 4.79 Å². The normalized spacial score (nSPS) is 21.1. The predicted molar refractivity (Wildman–Crippen MR) is 126 cm³/mol. The average Bonchev–Trinajstić information content (AvgIpc) is 3.08. The van der Waals surface area contributed by atoms with Gasteiger partial charge in [0.25, 0.3) is 0 Å². The van der Waals surface area contributed by atoms with E-state index < -0.39 is 0 Å². The van der Waals surface area contributed by atoms with E-state index in [0.717, 1.165) is 63.4 Å². The second kappa shape index (κ2) is 13.4. The molecule has 2 aliphatic rings. The van der Waals surface area contributed by atoms with Crippen LogP contribution in [0.25, 0.3) is 0 Å². The topological polar surface area (TPSA) is 62.0 Å². The summed E-state index contributed by atoms with van der Waals surface area (Å²) in [7, 11) is 4.09. The van der Waals surface area contributed by atoms with Gasteiger partial charge >= 0.3 is 0 Å². The van der Waals surface area contributed by atoms with Crippen molar-refractivity contribution in [1.29, 1.82) is 0 Å². The van der Waals surface area contributed by atoms with Crippen LogP contribution < -0.4 is 15.4 Å². The molecule has 6 nitrogen and oxygen atoms in total. The molecule has 168 valence electrons. The van der Waals surface area contributed by atoms with Crippen molar-refractivity contribution in [2.75, 3.05) is 58.3 Å². The van der Waals surface area contributed by atoms with Crippen LogP contribution in [-0.4, -0.2) is 75.2 Å². The number of anilines is 1. The predicted octanol–water partition coefficient (Wildman–Crippen LogP) is 2.67. The largest absolute Gasteiger partial charge is 0.490 e. The summed E-state index contributed by atoms with van der Waals surface area (Å²) >= 11 is 0. The van der Waals surface area contributed by atoms with E-state index in [1.54, 1.807) is 0 Å². The summed E-state index contributed by atoms with van der Waals surface area (Å²) in [6, 6.07) is 8.40. The number of para-hydroxylation sites is 2. The van der Waals surface area contributed by atoms with Crippen molar-refractivity contribution in [3.05, 3.63) is 24.3 Å². The van der Waals surface area contributed by atoms with Crippen LogP contribution in [0.15, 0.2) is 24.3 Å². The standard InChI is InChI=1S/C20H32N4O2.3ClH/c1-22(2)13-14-26-19-6-4-3-5-18(19)23-9-11-24(12-10-23)20(25)16-7-8-17(21)15-16;;;/h3-6,16-17H,7-15,21H2,1-2H3;3*1H. The zero-order valence-electron chi connectivity index (χ0n) is 17.3. The first-order chi connectivity index (χ1) is 12.5. The quantitative estimate of drug-likeness (QED) is 0.694. The second-order valence-corrected chi connectivity index (χ2v) is 7.70.